The lowest BCUT2D eigenvalue weighted by molar-refractivity contribution is -0.0682. The molecule has 1 heterocycles. The van der Waals surface area contributed by atoms with Crippen LogP contribution in [0, 0.1) is 0 Å². The highest BCUT2D eigenvalue weighted by Gasteiger charge is 2.21. The second-order valence-corrected chi connectivity index (χ2v) is 6.37. The lowest BCUT2D eigenvalue weighted by atomic mass is 10.1. The summed E-state index contributed by atoms with van der Waals surface area (Å²) in [6.45, 7) is 10.0. The molecule has 0 aliphatic carbocycles. The fraction of sp³-hybridized carbons (Fsp3) is 0.632. The standard InChI is InChI=1S/C19H29NO3/c1-4-19(21)17-7-9-18(10-8-17)22-12-6-5-11-20-13-15(2)23-16(3)14-20/h7-10,15-16H,4-6,11-14H2,1-3H3/t15-,16+. The average Bonchev–Trinajstić information content (AvgIpc) is 2.53. The van der Waals surface area contributed by atoms with Crippen LogP contribution in [-0.2, 0) is 4.74 Å². The Hall–Kier alpha value is -1.39. The van der Waals surface area contributed by atoms with Crippen molar-refractivity contribution in [2.45, 2.75) is 52.2 Å². The molecule has 2 atom stereocenters. The molecule has 0 N–H and O–H groups in total. The molecule has 2 rings (SSSR count). The molecule has 23 heavy (non-hydrogen) atoms. The predicted molar refractivity (Wildman–Crippen MR) is 92.2 cm³/mol. The number of carbonyl (C=O) groups excluding carboxylic acids is 1. The van der Waals surface area contributed by atoms with Gasteiger partial charge in [0.05, 0.1) is 18.8 Å². The Balaban J connectivity index is 1.63. The maximum absolute atomic E-state index is 11.6. The first-order valence-electron chi connectivity index (χ1n) is 8.72. The van der Waals surface area contributed by atoms with E-state index in [0.29, 0.717) is 18.6 Å². The van der Waals surface area contributed by atoms with Crippen LogP contribution in [0.1, 0.15) is 50.4 Å². The summed E-state index contributed by atoms with van der Waals surface area (Å²) in [6.07, 6.45) is 3.37. The number of benzene rings is 1. The Morgan fingerprint density at radius 3 is 2.43 bits per heavy atom. The number of nitrogens with zero attached hydrogens (tertiary/aromatic N) is 1. The fourth-order valence-electron chi connectivity index (χ4n) is 3.04. The first-order valence-corrected chi connectivity index (χ1v) is 8.72. The molecule has 0 aromatic heterocycles. The molecule has 128 valence electrons. The van der Waals surface area contributed by atoms with Gasteiger partial charge in [-0.15, -0.1) is 0 Å². The summed E-state index contributed by atoms with van der Waals surface area (Å²) >= 11 is 0. The summed E-state index contributed by atoms with van der Waals surface area (Å²) in [5, 5.41) is 0. The van der Waals surface area contributed by atoms with Gasteiger partial charge < -0.3 is 9.47 Å². The van der Waals surface area contributed by atoms with Crippen molar-refractivity contribution in [1.29, 1.82) is 0 Å². The minimum absolute atomic E-state index is 0.172. The summed E-state index contributed by atoms with van der Waals surface area (Å²) in [5.74, 6) is 1.01. The van der Waals surface area contributed by atoms with Gasteiger partial charge in [-0.2, -0.15) is 0 Å². The number of rotatable bonds is 8. The van der Waals surface area contributed by atoms with Crippen molar-refractivity contribution in [3.63, 3.8) is 0 Å². The minimum Gasteiger partial charge on any atom is -0.494 e. The zero-order valence-corrected chi connectivity index (χ0v) is 14.6. The molecule has 1 aromatic rings. The van der Waals surface area contributed by atoms with Gasteiger partial charge >= 0.3 is 0 Å². The molecule has 1 aliphatic heterocycles. The molecule has 1 aliphatic rings. The normalized spacial score (nSPS) is 22.0. The molecule has 0 spiro atoms. The fourth-order valence-corrected chi connectivity index (χ4v) is 3.04. The second kappa shape index (κ2) is 9.04. The van der Waals surface area contributed by atoms with E-state index in [-0.39, 0.29) is 5.78 Å². The highest BCUT2D eigenvalue weighted by molar-refractivity contribution is 5.95. The van der Waals surface area contributed by atoms with E-state index in [9.17, 15) is 4.79 Å². The van der Waals surface area contributed by atoms with Crippen molar-refractivity contribution in [1.82, 2.24) is 4.90 Å². The zero-order chi connectivity index (χ0) is 16.7. The molecule has 1 saturated heterocycles. The van der Waals surface area contributed by atoms with Crippen molar-refractivity contribution in [2.24, 2.45) is 0 Å². The Morgan fingerprint density at radius 1 is 1.17 bits per heavy atom. The Labute approximate surface area is 139 Å². The summed E-state index contributed by atoms with van der Waals surface area (Å²) in [5.41, 5.74) is 0.760. The van der Waals surface area contributed by atoms with Crippen molar-refractivity contribution in [2.75, 3.05) is 26.2 Å². The van der Waals surface area contributed by atoms with E-state index in [1.165, 1.54) is 0 Å². The number of hydrogen-bond donors (Lipinski definition) is 0. The first-order chi connectivity index (χ1) is 11.1. The minimum atomic E-state index is 0.172. The monoisotopic (exact) mass is 319 g/mol. The molecular weight excluding hydrogens is 290 g/mol. The van der Waals surface area contributed by atoms with Crippen molar-refractivity contribution in [3.05, 3.63) is 29.8 Å². The molecule has 1 aromatic carbocycles. The summed E-state index contributed by atoms with van der Waals surface area (Å²) in [7, 11) is 0. The smallest absolute Gasteiger partial charge is 0.162 e. The van der Waals surface area contributed by atoms with Crippen molar-refractivity contribution >= 4 is 5.78 Å². The van der Waals surface area contributed by atoms with Crippen LogP contribution in [0.15, 0.2) is 24.3 Å². The molecule has 4 heteroatoms. The SMILES string of the molecule is CCC(=O)c1ccc(OCCCCN2C[C@@H](C)O[C@@H](C)C2)cc1. The predicted octanol–water partition coefficient (Wildman–Crippen LogP) is 3.55. The molecule has 0 saturated carbocycles. The number of unbranched alkanes of at least 4 members (excludes halogenated alkanes) is 1. The van der Waals surface area contributed by atoms with Gasteiger partial charge in [0.2, 0.25) is 0 Å². The lowest BCUT2D eigenvalue weighted by Crippen LogP contribution is -2.45. The van der Waals surface area contributed by atoms with Crippen LogP contribution in [0.4, 0.5) is 0 Å². The maximum atomic E-state index is 11.6. The van der Waals surface area contributed by atoms with Gasteiger partial charge in [-0.25, -0.2) is 0 Å². The molecular formula is C19H29NO3. The van der Waals surface area contributed by atoms with E-state index >= 15 is 0 Å². The van der Waals surface area contributed by atoms with E-state index in [1.54, 1.807) is 0 Å². The maximum Gasteiger partial charge on any atom is 0.162 e. The van der Waals surface area contributed by atoms with Gasteiger partial charge in [0.15, 0.2) is 5.78 Å². The van der Waals surface area contributed by atoms with Crippen LogP contribution in [-0.4, -0.2) is 49.1 Å². The van der Waals surface area contributed by atoms with Gasteiger partial charge in [-0.05, 0) is 57.5 Å². The molecule has 1 fully saturated rings. The molecule has 0 bridgehead atoms. The number of ketones is 1. The van der Waals surface area contributed by atoms with Crippen molar-refractivity contribution in [3.8, 4) is 5.75 Å². The quantitative estimate of drug-likeness (QED) is 0.542. The number of hydrogen-bond acceptors (Lipinski definition) is 4. The topological polar surface area (TPSA) is 38.8 Å². The van der Waals surface area contributed by atoms with Gasteiger partial charge in [0.25, 0.3) is 0 Å². The third-order valence-electron chi connectivity index (χ3n) is 4.13. The average molecular weight is 319 g/mol. The van der Waals surface area contributed by atoms with Crippen LogP contribution in [0.5, 0.6) is 5.75 Å². The highest BCUT2D eigenvalue weighted by Crippen LogP contribution is 2.15. The molecule has 0 unspecified atom stereocenters. The summed E-state index contributed by atoms with van der Waals surface area (Å²) < 4.78 is 11.5. The molecule has 0 amide bonds. The van der Waals surface area contributed by atoms with Crippen LogP contribution in [0.3, 0.4) is 0 Å². The molecule has 4 nitrogen and oxygen atoms in total. The second-order valence-electron chi connectivity index (χ2n) is 6.37. The van der Waals surface area contributed by atoms with E-state index in [4.69, 9.17) is 9.47 Å². The summed E-state index contributed by atoms with van der Waals surface area (Å²) in [6, 6.07) is 7.46. The van der Waals surface area contributed by atoms with Gasteiger partial charge in [0, 0.05) is 25.1 Å². The van der Waals surface area contributed by atoms with E-state index in [2.05, 4.69) is 18.7 Å². The third kappa shape index (κ3) is 5.96. The Morgan fingerprint density at radius 2 is 1.83 bits per heavy atom. The van der Waals surface area contributed by atoms with Gasteiger partial charge in [-0.1, -0.05) is 6.92 Å². The van der Waals surface area contributed by atoms with Crippen LogP contribution >= 0.6 is 0 Å². The molecule has 0 radical (unpaired) electrons. The highest BCUT2D eigenvalue weighted by atomic mass is 16.5. The van der Waals surface area contributed by atoms with E-state index < -0.39 is 0 Å². The van der Waals surface area contributed by atoms with Crippen LogP contribution in [0.25, 0.3) is 0 Å². The van der Waals surface area contributed by atoms with Crippen molar-refractivity contribution < 1.29 is 14.3 Å². The number of carbonyl (C=O) groups is 1. The Kier molecular flexibility index (Phi) is 7.06. The van der Waals surface area contributed by atoms with E-state index in [0.717, 1.165) is 50.4 Å². The number of ether oxygens (including phenoxy) is 2. The summed E-state index contributed by atoms with van der Waals surface area (Å²) in [4.78, 5) is 14.0. The third-order valence-corrected chi connectivity index (χ3v) is 4.13. The van der Waals surface area contributed by atoms with Gasteiger partial charge in [-0.3, -0.25) is 9.69 Å². The number of Topliss-reactive ketones (excluding diaryl/α,β-unsaturated/α-hetero) is 1. The van der Waals surface area contributed by atoms with Crippen LogP contribution < -0.4 is 4.74 Å². The largest absolute Gasteiger partial charge is 0.494 e. The van der Waals surface area contributed by atoms with E-state index in [1.807, 2.05) is 31.2 Å². The zero-order valence-electron chi connectivity index (χ0n) is 14.6. The van der Waals surface area contributed by atoms with Crippen LogP contribution in [0.2, 0.25) is 0 Å². The number of morpholine rings is 1. The van der Waals surface area contributed by atoms with Gasteiger partial charge in [0.1, 0.15) is 5.75 Å². The lowest BCUT2D eigenvalue weighted by Gasteiger charge is -2.35. The first kappa shape index (κ1) is 18.0. The Bertz CT molecular complexity index is 476.